The molecule has 2 bridgehead atoms. The SMILES string of the molecule is COc1cc(C(=O)N2CC3CCC2[C@@H]3N)cc2nc(-c3cc4ccc(-c5cc(Cl)c(CC(N)=O)cn5)nc4n3CC3CC3)n(C)c12. The first kappa shape index (κ1) is 29.0. The van der Waals surface area contributed by atoms with Crippen LogP contribution in [-0.2, 0) is 24.8 Å². The van der Waals surface area contributed by atoms with E-state index >= 15 is 0 Å². The molecule has 236 valence electrons. The molecule has 46 heavy (non-hydrogen) atoms. The Bertz CT molecular complexity index is 2060. The highest BCUT2D eigenvalue weighted by Gasteiger charge is 2.47. The summed E-state index contributed by atoms with van der Waals surface area (Å²) >= 11 is 6.47. The maximum atomic E-state index is 13.7. The van der Waals surface area contributed by atoms with E-state index in [-0.39, 0.29) is 24.4 Å². The van der Waals surface area contributed by atoms with Gasteiger partial charge >= 0.3 is 0 Å². The van der Waals surface area contributed by atoms with Crippen LogP contribution >= 0.6 is 11.6 Å². The third-order valence-corrected chi connectivity index (χ3v) is 10.3. The number of likely N-dealkylation sites (tertiary alicyclic amines) is 1. The molecule has 1 saturated heterocycles. The average Bonchev–Trinajstić information content (AvgIpc) is 3.45. The minimum absolute atomic E-state index is 0.0222. The van der Waals surface area contributed by atoms with E-state index in [1.54, 1.807) is 19.4 Å². The lowest BCUT2D eigenvalue weighted by molar-refractivity contribution is -0.117. The highest BCUT2D eigenvalue weighted by Crippen LogP contribution is 2.40. The van der Waals surface area contributed by atoms with E-state index in [1.807, 2.05) is 40.8 Å². The average molecular weight is 639 g/mol. The van der Waals surface area contributed by atoms with Crippen LogP contribution in [0.15, 0.2) is 42.6 Å². The topological polar surface area (TPSA) is 147 Å². The van der Waals surface area contributed by atoms with Gasteiger partial charge in [0.2, 0.25) is 5.91 Å². The van der Waals surface area contributed by atoms with Crippen LogP contribution in [0.4, 0.5) is 0 Å². The molecule has 3 fully saturated rings. The van der Waals surface area contributed by atoms with Crippen LogP contribution in [0, 0.1) is 11.8 Å². The van der Waals surface area contributed by atoms with Crippen LogP contribution in [0.25, 0.3) is 45.0 Å². The van der Waals surface area contributed by atoms with Gasteiger partial charge in [-0.25, -0.2) is 9.97 Å². The number of carbonyl (C=O) groups is 2. The van der Waals surface area contributed by atoms with E-state index < -0.39 is 5.91 Å². The number of carbonyl (C=O) groups excluding carboxylic acids is 2. The summed E-state index contributed by atoms with van der Waals surface area (Å²) in [4.78, 5) is 41.8. The summed E-state index contributed by atoms with van der Waals surface area (Å²) in [6, 6.07) is 11.6. The monoisotopic (exact) mass is 638 g/mol. The lowest BCUT2D eigenvalue weighted by Gasteiger charge is -2.27. The second-order valence-electron chi connectivity index (χ2n) is 13.0. The number of amides is 2. The number of pyridine rings is 2. The molecule has 3 atom stereocenters. The molecular weight excluding hydrogens is 604 g/mol. The van der Waals surface area contributed by atoms with Gasteiger partial charge in [0.15, 0.2) is 5.82 Å². The van der Waals surface area contributed by atoms with Gasteiger partial charge < -0.3 is 30.2 Å². The molecule has 2 unspecified atom stereocenters. The lowest BCUT2D eigenvalue weighted by atomic mass is 10.1. The number of aromatic nitrogens is 5. The van der Waals surface area contributed by atoms with Gasteiger partial charge in [-0.2, -0.15) is 0 Å². The molecule has 2 saturated carbocycles. The number of imidazole rings is 1. The number of hydrogen-bond acceptors (Lipinski definition) is 7. The van der Waals surface area contributed by atoms with Gasteiger partial charge in [0.1, 0.15) is 16.9 Å². The van der Waals surface area contributed by atoms with Crippen molar-refractivity contribution in [2.45, 2.75) is 50.7 Å². The number of nitrogens with two attached hydrogens (primary N) is 2. The molecule has 3 aliphatic rings. The Hall–Kier alpha value is -4.48. The van der Waals surface area contributed by atoms with Crippen LogP contribution in [-0.4, -0.2) is 66.5 Å². The maximum Gasteiger partial charge on any atom is 0.254 e. The Kier molecular flexibility index (Phi) is 6.80. The molecule has 2 amide bonds. The summed E-state index contributed by atoms with van der Waals surface area (Å²) in [5.74, 6) is 1.81. The van der Waals surface area contributed by atoms with Crippen molar-refractivity contribution in [3.63, 3.8) is 0 Å². The van der Waals surface area contributed by atoms with Gasteiger partial charge in [-0.05, 0) is 79.5 Å². The molecule has 8 rings (SSSR count). The number of fused-ring (bicyclic) bond motifs is 4. The fraction of sp³-hybridized carbons (Fsp3) is 0.382. The Balaban J connectivity index is 1.21. The van der Waals surface area contributed by atoms with E-state index in [2.05, 4.69) is 15.6 Å². The second-order valence-corrected chi connectivity index (χ2v) is 13.4. The van der Waals surface area contributed by atoms with Gasteiger partial charge in [0.25, 0.3) is 5.91 Å². The molecule has 5 heterocycles. The molecule has 4 N–H and O–H groups in total. The van der Waals surface area contributed by atoms with E-state index in [4.69, 9.17) is 37.8 Å². The molecule has 0 radical (unpaired) electrons. The Morgan fingerprint density at radius 3 is 2.57 bits per heavy atom. The van der Waals surface area contributed by atoms with Crippen molar-refractivity contribution in [2.24, 2.45) is 30.4 Å². The number of halogens is 1. The minimum Gasteiger partial charge on any atom is -0.494 e. The Labute approximate surface area is 270 Å². The molecular formula is C34H35ClN8O3. The number of piperidine rings is 1. The van der Waals surface area contributed by atoms with Gasteiger partial charge in [-0.1, -0.05) is 11.6 Å². The number of methoxy groups -OCH3 is 1. The fourth-order valence-corrected chi connectivity index (χ4v) is 7.60. The molecule has 5 aromatic rings. The van der Waals surface area contributed by atoms with Crippen molar-refractivity contribution in [3.05, 3.63) is 58.7 Å². The van der Waals surface area contributed by atoms with E-state index in [0.29, 0.717) is 57.2 Å². The third-order valence-electron chi connectivity index (χ3n) is 9.98. The predicted molar refractivity (Wildman–Crippen MR) is 175 cm³/mol. The third kappa shape index (κ3) is 4.72. The van der Waals surface area contributed by atoms with Gasteiger partial charge in [0.05, 0.1) is 36.1 Å². The molecule has 1 aliphatic heterocycles. The molecule has 1 aromatic carbocycles. The van der Waals surface area contributed by atoms with E-state index in [1.165, 1.54) is 12.8 Å². The van der Waals surface area contributed by atoms with Crippen molar-refractivity contribution >= 4 is 45.5 Å². The zero-order valence-electron chi connectivity index (χ0n) is 25.7. The second kappa shape index (κ2) is 10.8. The number of aryl methyl sites for hydroxylation is 1. The fourth-order valence-electron chi connectivity index (χ4n) is 7.38. The van der Waals surface area contributed by atoms with Crippen molar-refractivity contribution < 1.29 is 14.3 Å². The first-order valence-electron chi connectivity index (χ1n) is 15.7. The number of hydrogen-bond donors (Lipinski definition) is 2. The van der Waals surface area contributed by atoms with Gasteiger partial charge in [-0.15, -0.1) is 0 Å². The number of rotatable bonds is 8. The summed E-state index contributed by atoms with van der Waals surface area (Å²) in [5, 5.41) is 1.40. The summed E-state index contributed by atoms with van der Waals surface area (Å²) in [6.07, 6.45) is 5.98. The highest BCUT2D eigenvalue weighted by molar-refractivity contribution is 6.31. The van der Waals surface area contributed by atoms with Gasteiger partial charge in [0, 0.05) is 54.4 Å². The van der Waals surface area contributed by atoms with Crippen LogP contribution in [0.5, 0.6) is 5.75 Å². The molecule has 2 aliphatic carbocycles. The summed E-state index contributed by atoms with van der Waals surface area (Å²) in [7, 11) is 3.60. The van der Waals surface area contributed by atoms with Crippen molar-refractivity contribution in [2.75, 3.05) is 13.7 Å². The van der Waals surface area contributed by atoms with Crippen LogP contribution in [0.3, 0.4) is 0 Å². The molecule has 12 heteroatoms. The molecule has 4 aromatic heterocycles. The van der Waals surface area contributed by atoms with E-state index in [0.717, 1.165) is 47.5 Å². The highest BCUT2D eigenvalue weighted by atomic mass is 35.5. The quantitative estimate of drug-likeness (QED) is 0.257. The van der Waals surface area contributed by atoms with Crippen LogP contribution < -0.4 is 16.2 Å². The zero-order valence-corrected chi connectivity index (χ0v) is 26.5. The van der Waals surface area contributed by atoms with Gasteiger partial charge in [-0.3, -0.25) is 14.6 Å². The first-order chi connectivity index (χ1) is 22.2. The molecule has 11 nitrogen and oxygen atoms in total. The van der Waals surface area contributed by atoms with Crippen molar-refractivity contribution in [1.29, 1.82) is 0 Å². The number of nitrogens with zero attached hydrogens (tertiary/aromatic N) is 6. The van der Waals surface area contributed by atoms with Crippen molar-refractivity contribution in [3.8, 4) is 28.7 Å². The Morgan fingerprint density at radius 1 is 1.07 bits per heavy atom. The predicted octanol–water partition coefficient (Wildman–Crippen LogP) is 4.31. The van der Waals surface area contributed by atoms with E-state index in [9.17, 15) is 9.59 Å². The summed E-state index contributed by atoms with van der Waals surface area (Å²) < 4.78 is 10.1. The lowest BCUT2D eigenvalue weighted by Crippen LogP contribution is -2.41. The minimum atomic E-state index is -0.466. The maximum absolute atomic E-state index is 13.7. The number of ether oxygens (including phenoxy) is 1. The summed E-state index contributed by atoms with van der Waals surface area (Å²) in [5.41, 5.74) is 17.5. The first-order valence-corrected chi connectivity index (χ1v) is 16.1. The largest absolute Gasteiger partial charge is 0.494 e. The zero-order chi connectivity index (χ0) is 31.9. The number of primary amides is 1. The summed E-state index contributed by atoms with van der Waals surface area (Å²) in [6.45, 7) is 1.51. The Morgan fingerprint density at radius 2 is 1.89 bits per heavy atom. The molecule has 0 spiro atoms. The smallest absolute Gasteiger partial charge is 0.254 e. The standard InChI is InChI=1S/C34H35ClN8O3/c1-41-31-25(9-20(11-28(31)46-2)34(45)43-16-19-6-8-26(43)30(19)37)40-33(41)27-10-18-5-7-23(39-32(18)42(27)15-17-3-4-17)24-13-22(35)21(14-38-24)12-29(36)44/h5,7,9-11,13-14,17,19,26,30H,3-4,6,8,12,15-16,37H2,1-2H3,(H2,36,44)/t19?,26?,30-/m1/s1. The number of benzene rings is 1. The van der Waals surface area contributed by atoms with Crippen LogP contribution in [0.2, 0.25) is 5.02 Å². The van der Waals surface area contributed by atoms with Crippen molar-refractivity contribution in [1.82, 2.24) is 29.0 Å². The van der Waals surface area contributed by atoms with Crippen LogP contribution in [0.1, 0.15) is 41.6 Å². The normalized spacial score (nSPS) is 20.7.